The van der Waals surface area contributed by atoms with Crippen molar-refractivity contribution in [1.82, 2.24) is 9.59 Å². The smallest absolute Gasteiger partial charge is 0.262 e. The zero-order valence-electron chi connectivity index (χ0n) is 15.4. The average Bonchev–Trinajstić information content (AvgIpc) is 3.19. The van der Waals surface area contributed by atoms with Crippen LogP contribution in [0.25, 0.3) is 11.3 Å². The average molecular weight is 450 g/mol. The minimum atomic E-state index is -0.560. The predicted octanol–water partition coefficient (Wildman–Crippen LogP) is 3.78. The van der Waals surface area contributed by atoms with Gasteiger partial charge in [0.15, 0.2) is 5.11 Å². The lowest BCUT2D eigenvalue weighted by Crippen LogP contribution is -2.19. The van der Waals surface area contributed by atoms with Crippen LogP contribution in [0.2, 0.25) is 5.02 Å². The molecule has 1 amide bonds. The van der Waals surface area contributed by atoms with E-state index in [0.717, 1.165) is 22.8 Å². The van der Waals surface area contributed by atoms with Gasteiger partial charge < -0.3 is 25.8 Å². The van der Waals surface area contributed by atoms with E-state index in [4.69, 9.17) is 39.0 Å². The first-order valence-corrected chi connectivity index (χ1v) is 9.71. The lowest BCUT2D eigenvalue weighted by Gasteiger charge is -2.15. The highest BCUT2D eigenvalue weighted by Crippen LogP contribution is 2.36. The number of methoxy groups -OCH3 is 2. The first kappa shape index (κ1) is 20.8. The number of hydrogen-bond acceptors (Lipinski definition) is 7. The molecule has 0 atom stereocenters. The molecule has 3 rings (SSSR count). The van der Waals surface area contributed by atoms with Crippen molar-refractivity contribution in [2.45, 2.75) is 0 Å². The number of carbonyl (C=O) groups excluding carboxylic acids is 1. The fraction of sp³-hybridized carbons (Fsp3) is 0.111. The minimum absolute atomic E-state index is 0.311. The highest BCUT2D eigenvalue weighted by molar-refractivity contribution is 7.80. The van der Waals surface area contributed by atoms with E-state index in [1.807, 2.05) is 0 Å². The molecule has 3 aromatic rings. The fourth-order valence-corrected chi connectivity index (χ4v) is 3.50. The Morgan fingerprint density at radius 1 is 1.14 bits per heavy atom. The van der Waals surface area contributed by atoms with Gasteiger partial charge in [-0.25, -0.2) is 0 Å². The second kappa shape index (κ2) is 9.03. The summed E-state index contributed by atoms with van der Waals surface area (Å²) < 4.78 is 14.3. The van der Waals surface area contributed by atoms with E-state index in [9.17, 15) is 4.79 Å². The molecule has 4 N–H and O–H groups in total. The van der Waals surface area contributed by atoms with Crippen molar-refractivity contribution in [3.05, 3.63) is 46.3 Å². The van der Waals surface area contributed by atoms with E-state index in [1.54, 1.807) is 36.4 Å². The highest BCUT2D eigenvalue weighted by Gasteiger charge is 2.15. The lowest BCUT2D eigenvalue weighted by atomic mass is 10.1. The second-order valence-electron chi connectivity index (χ2n) is 5.66. The van der Waals surface area contributed by atoms with Crippen LogP contribution in [0, 0.1) is 0 Å². The summed E-state index contributed by atoms with van der Waals surface area (Å²) >= 11 is 12.5. The van der Waals surface area contributed by atoms with Crippen LogP contribution in [0.3, 0.4) is 0 Å². The summed E-state index contributed by atoms with van der Waals surface area (Å²) in [5.41, 5.74) is 7.84. The van der Waals surface area contributed by atoms with Gasteiger partial charge in [-0.2, -0.15) is 0 Å². The number of halogens is 1. The van der Waals surface area contributed by atoms with E-state index < -0.39 is 5.91 Å². The number of anilines is 2. The Morgan fingerprint density at radius 2 is 1.83 bits per heavy atom. The third kappa shape index (κ3) is 4.73. The van der Waals surface area contributed by atoms with Gasteiger partial charge in [-0.05, 0) is 41.9 Å². The number of benzene rings is 2. The Balaban J connectivity index is 1.72. The second-order valence-corrected chi connectivity index (χ2v) is 7.23. The van der Waals surface area contributed by atoms with Gasteiger partial charge in [0.25, 0.3) is 5.91 Å². The van der Waals surface area contributed by atoms with Crippen molar-refractivity contribution in [3.8, 4) is 22.8 Å². The lowest BCUT2D eigenvalue weighted by molar-refractivity contribution is 0.100. The predicted molar refractivity (Wildman–Crippen MR) is 118 cm³/mol. The molecular formula is C18H16ClN5O3S2. The number of nitrogens with zero attached hydrogens (tertiary/aromatic N) is 2. The summed E-state index contributed by atoms with van der Waals surface area (Å²) in [6.07, 6.45) is 0. The van der Waals surface area contributed by atoms with Gasteiger partial charge >= 0.3 is 0 Å². The Kier molecular flexibility index (Phi) is 6.47. The van der Waals surface area contributed by atoms with Crippen LogP contribution in [0.4, 0.5) is 11.4 Å². The van der Waals surface area contributed by atoms with Gasteiger partial charge in [0.05, 0.1) is 24.9 Å². The first-order valence-electron chi connectivity index (χ1n) is 8.15. The fourth-order valence-electron chi connectivity index (χ4n) is 2.50. The molecule has 2 aromatic carbocycles. The van der Waals surface area contributed by atoms with Gasteiger partial charge in [0, 0.05) is 17.3 Å². The monoisotopic (exact) mass is 449 g/mol. The maximum absolute atomic E-state index is 11.4. The topological polar surface area (TPSA) is 111 Å². The largest absolute Gasteiger partial charge is 0.495 e. The van der Waals surface area contributed by atoms with Gasteiger partial charge in [0.2, 0.25) is 0 Å². The number of rotatable bonds is 6. The summed E-state index contributed by atoms with van der Waals surface area (Å²) in [5, 5.41) is 10.8. The van der Waals surface area contributed by atoms with Crippen molar-refractivity contribution in [3.63, 3.8) is 0 Å². The van der Waals surface area contributed by atoms with E-state index >= 15 is 0 Å². The third-order valence-corrected chi connectivity index (χ3v) is 5.09. The van der Waals surface area contributed by atoms with Crippen LogP contribution in [-0.2, 0) is 0 Å². The number of amides is 1. The van der Waals surface area contributed by atoms with E-state index in [2.05, 4.69) is 20.2 Å². The zero-order chi connectivity index (χ0) is 21.0. The van der Waals surface area contributed by atoms with Crippen LogP contribution in [0.1, 0.15) is 9.67 Å². The van der Waals surface area contributed by atoms with Crippen LogP contribution in [0.5, 0.6) is 11.5 Å². The Bertz CT molecular complexity index is 1060. The zero-order valence-corrected chi connectivity index (χ0v) is 17.7. The molecule has 0 aliphatic carbocycles. The van der Waals surface area contributed by atoms with Crippen LogP contribution in [-0.4, -0.2) is 34.8 Å². The van der Waals surface area contributed by atoms with E-state index in [-0.39, 0.29) is 0 Å². The number of hydrogen-bond donors (Lipinski definition) is 3. The Hall–Kier alpha value is -2.95. The molecule has 0 spiro atoms. The van der Waals surface area contributed by atoms with Crippen molar-refractivity contribution in [2.24, 2.45) is 5.73 Å². The molecule has 1 aromatic heterocycles. The number of aromatic nitrogens is 2. The van der Waals surface area contributed by atoms with E-state index in [1.165, 1.54) is 14.2 Å². The molecule has 0 unspecified atom stereocenters. The molecule has 0 bridgehead atoms. The quantitative estimate of drug-likeness (QED) is 0.487. The number of nitrogens with one attached hydrogen (secondary N) is 2. The van der Waals surface area contributed by atoms with Crippen molar-refractivity contribution < 1.29 is 14.3 Å². The Morgan fingerprint density at radius 3 is 2.45 bits per heavy atom. The first-order chi connectivity index (χ1) is 13.9. The van der Waals surface area contributed by atoms with Gasteiger partial charge in [-0.1, -0.05) is 28.2 Å². The molecule has 0 saturated carbocycles. The number of carbonyl (C=O) groups is 1. The maximum Gasteiger partial charge on any atom is 0.262 e. The number of primary amides is 1. The molecule has 0 saturated heterocycles. The number of ether oxygens (including phenoxy) is 2. The molecule has 0 fully saturated rings. The molecule has 0 aliphatic rings. The molecule has 8 nitrogen and oxygen atoms in total. The van der Waals surface area contributed by atoms with Gasteiger partial charge in [-0.15, -0.1) is 5.10 Å². The van der Waals surface area contributed by atoms with Crippen LogP contribution in [0.15, 0.2) is 36.4 Å². The summed E-state index contributed by atoms with van der Waals surface area (Å²) in [6.45, 7) is 0. The number of nitrogens with two attached hydrogens (primary N) is 1. The third-order valence-electron chi connectivity index (χ3n) is 3.85. The standard InChI is InChI=1S/C18H16ClN5O3S2/c1-26-13-8-14(27-2)12(7-11(13)19)22-18(28)21-10-5-3-9(4-6-10)15-16(17(20)25)29-24-23-15/h3-8H,1-2H3,(H2,20,25)(H2,21,22,28). The number of thiocarbonyl (C=S) groups is 1. The maximum atomic E-state index is 11.4. The van der Waals surface area contributed by atoms with Gasteiger partial charge in [0.1, 0.15) is 22.1 Å². The van der Waals surface area contributed by atoms with Gasteiger partial charge in [-0.3, -0.25) is 4.79 Å². The van der Waals surface area contributed by atoms with E-state index in [0.29, 0.717) is 37.9 Å². The van der Waals surface area contributed by atoms with Crippen LogP contribution >= 0.6 is 35.4 Å². The SMILES string of the molecule is COc1cc(OC)c(NC(=S)Nc2ccc(-c3nnsc3C(N)=O)cc2)cc1Cl. The molecule has 0 aliphatic heterocycles. The molecular weight excluding hydrogens is 434 g/mol. The molecule has 0 radical (unpaired) electrons. The highest BCUT2D eigenvalue weighted by atomic mass is 35.5. The summed E-state index contributed by atoms with van der Waals surface area (Å²) in [5.74, 6) is 0.464. The molecule has 150 valence electrons. The van der Waals surface area contributed by atoms with Crippen LogP contribution < -0.4 is 25.8 Å². The summed E-state index contributed by atoms with van der Waals surface area (Å²) in [7, 11) is 3.06. The summed E-state index contributed by atoms with van der Waals surface area (Å²) in [6, 6.07) is 10.5. The summed E-state index contributed by atoms with van der Waals surface area (Å²) in [4.78, 5) is 11.8. The molecule has 1 heterocycles. The molecule has 11 heteroatoms. The van der Waals surface area contributed by atoms with Crippen molar-refractivity contribution in [1.29, 1.82) is 0 Å². The molecule has 29 heavy (non-hydrogen) atoms. The van der Waals surface area contributed by atoms with Crippen molar-refractivity contribution in [2.75, 3.05) is 24.9 Å². The minimum Gasteiger partial charge on any atom is -0.495 e. The normalized spacial score (nSPS) is 10.3. The van der Waals surface area contributed by atoms with Crippen molar-refractivity contribution >= 4 is 57.7 Å². The Labute approximate surface area is 181 Å².